The van der Waals surface area contributed by atoms with Gasteiger partial charge in [0.15, 0.2) is 0 Å². The van der Waals surface area contributed by atoms with Crippen molar-refractivity contribution in [2.24, 2.45) is 0 Å². The van der Waals surface area contributed by atoms with Crippen LogP contribution < -0.4 is 15.4 Å². The van der Waals surface area contributed by atoms with Gasteiger partial charge in [-0.05, 0) is 31.8 Å². The average molecular weight is 249 g/mol. The van der Waals surface area contributed by atoms with Crippen molar-refractivity contribution in [3.8, 4) is 5.75 Å². The van der Waals surface area contributed by atoms with Crippen LogP contribution in [0.15, 0.2) is 24.3 Å². The molecule has 0 bridgehead atoms. The molecule has 0 aromatic heterocycles. The molecule has 18 heavy (non-hydrogen) atoms. The highest BCUT2D eigenvalue weighted by Crippen LogP contribution is 2.21. The Labute approximate surface area is 109 Å². The molecular formula is C14H23N3O. The summed E-state index contributed by atoms with van der Waals surface area (Å²) in [4.78, 5) is 2.37. The zero-order valence-electron chi connectivity index (χ0n) is 11.4. The van der Waals surface area contributed by atoms with Crippen molar-refractivity contribution >= 4 is 0 Å². The van der Waals surface area contributed by atoms with Crippen LogP contribution in [-0.2, 0) is 0 Å². The fourth-order valence-electron chi connectivity index (χ4n) is 2.57. The van der Waals surface area contributed by atoms with Crippen LogP contribution in [0.2, 0.25) is 0 Å². The number of nitrogens with one attached hydrogen (secondary N) is 2. The van der Waals surface area contributed by atoms with Crippen LogP contribution in [0.25, 0.3) is 0 Å². The normalized spacial score (nSPS) is 22.7. The molecule has 2 N–H and O–H groups in total. The highest BCUT2D eigenvalue weighted by atomic mass is 16.5. The first-order valence-corrected chi connectivity index (χ1v) is 6.47. The van der Waals surface area contributed by atoms with Gasteiger partial charge in [-0.3, -0.25) is 0 Å². The maximum atomic E-state index is 5.20. The van der Waals surface area contributed by atoms with Crippen LogP contribution in [-0.4, -0.2) is 51.8 Å². The monoisotopic (exact) mass is 249 g/mol. The molecule has 0 radical (unpaired) electrons. The van der Waals surface area contributed by atoms with Gasteiger partial charge in [-0.1, -0.05) is 12.1 Å². The van der Waals surface area contributed by atoms with Gasteiger partial charge in [0, 0.05) is 31.7 Å². The van der Waals surface area contributed by atoms with E-state index >= 15 is 0 Å². The highest BCUT2D eigenvalue weighted by molar-refractivity contribution is 5.30. The number of rotatable bonds is 4. The van der Waals surface area contributed by atoms with Crippen molar-refractivity contribution < 1.29 is 4.74 Å². The van der Waals surface area contributed by atoms with Crippen LogP contribution >= 0.6 is 0 Å². The quantitative estimate of drug-likeness (QED) is 0.830. The molecule has 1 aromatic carbocycles. The minimum absolute atomic E-state index is 0.332. The van der Waals surface area contributed by atoms with Crippen molar-refractivity contribution in [3.63, 3.8) is 0 Å². The van der Waals surface area contributed by atoms with Crippen molar-refractivity contribution in [2.45, 2.75) is 12.1 Å². The first-order chi connectivity index (χ1) is 8.74. The Morgan fingerprint density at radius 3 is 2.67 bits per heavy atom. The summed E-state index contributed by atoms with van der Waals surface area (Å²) in [6.45, 7) is 3.24. The maximum Gasteiger partial charge on any atom is 0.118 e. The number of likely N-dealkylation sites (N-methyl/N-ethyl adjacent to an activating group) is 2. The van der Waals surface area contributed by atoms with E-state index in [-0.39, 0.29) is 0 Å². The van der Waals surface area contributed by atoms with Gasteiger partial charge in [0.05, 0.1) is 7.11 Å². The number of hydrogen-bond acceptors (Lipinski definition) is 4. The van der Waals surface area contributed by atoms with Crippen LogP contribution in [0.1, 0.15) is 11.6 Å². The topological polar surface area (TPSA) is 36.5 Å². The molecule has 1 aliphatic heterocycles. The molecule has 4 heteroatoms. The van der Waals surface area contributed by atoms with E-state index in [0.717, 1.165) is 25.4 Å². The molecule has 1 fully saturated rings. The lowest BCUT2D eigenvalue weighted by molar-refractivity contribution is 0.210. The number of benzene rings is 1. The number of piperazine rings is 1. The van der Waals surface area contributed by atoms with Crippen molar-refractivity contribution in [1.29, 1.82) is 0 Å². The lowest BCUT2D eigenvalue weighted by atomic mass is 9.97. The van der Waals surface area contributed by atoms with Crippen molar-refractivity contribution in [1.82, 2.24) is 15.5 Å². The smallest absolute Gasteiger partial charge is 0.118 e. The Morgan fingerprint density at radius 1 is 1.39 bits per heavy atom. The molecule has 0 saturated carbocycles. The van der Waals surface area contributed by atoms with E-state index in [9.17, 15) is 0 Å². The van der Waals surface area contributed by atoms with Crippen LogP contribution in [0.4, 0.5) is 0 Å². The number of hydrogen-bond donors (Lipinski definition) is 2. The molecule has 0 amide bonds. The summed E-state index contributed by atoms with van der Waals surface area (Å²) in [5, 5.41) is 7.01. The molecule has 1 heterocycles. The van der Waals surface area contributed by atoms with Crippen LogP contribution in [0.3, 0.4) is 0 Å². The van der Waals surface area contributed by atoms with Crippen molar-refractivity contribution in [3.05, 3.63) is 29.8 Å². The van der Waals surface area contributed by atoms with Gasteiger partial charge in [0.1, 0.15) is 5.75 Å². The molecule has 2 unspecified atom stereocenters. The summed E-state index contributed by atoms with van der Waals surface area (Å²) < 4.78 is 5.20. The predicted molar refractivity (Wildman–Crippen MR) is 74.1 cm³/mol. The van der Waals surface area contributed by atoms with E-state index in [1.54, 1.807) is 7.11 Å². The summed E-state index contributed by atoms with van der Waals surface area (Å²) in [5.41, 5.74) is 1.30. The second-order valence-electron chi connectivity index (χ2n) is 4.86. The van der Waals surface area contributed by atoms with Crippen LogP contribution in [0, 0.1) is 0 Å². The second kappa shape index (κ2) is 6.18. The van der Waals surface area contributed by atoms with Crippen LogP contribution in [0.5, 0.6) is 5.75 Å². The third-order valence-corrected chi connectivity index (χ3v) is 3.60. The lowest BCUT2D eigenvalue weighted by Crippen LogP contribution is -2.54. The molecule has 2 rings (SSSR count). The third-order valence-electron chi connectivity index (χ3n) is 3.60. The van der Waals surface area contributed by atoms with Gasteiger partial charge in [0.2, 0.25) is 0 Å². The minimum atomic E-state index is 0.332. The van der Waals surface area contributed by atoms with E-state index in [1.165, 1.54) is 5.56 Å². The molecule has 100 valence electrons. The molecule has 1 saturated heterocycles. The molecule has 1 aliphatic rings. The van der Waals surface area contributed by atoms with Gasteiger partial charge in [0.25, 0.3) is 0 Å². The fourth-order valence-corrected chi connectivity index (χ4v) is 2.57. The zero-order chi connectivity index (χ0) is 13.0. The van der Waals surface area contributed by atoms with Gasteiger partial charge in [-0.25, -0.2) is 0 Å². The van der Waals surface area contributed by atoms with E-state index in [4.69, 9.17) is 4.74 Å². The molecule has 2 atom stereocenters. The van der Waals surface area contributed by atoms with E-state index < -0.39 is 0 Å². The Balaban J connectivity index is 2.11. The molecule has 4 nitrogen and oxygen atoms in total. The zero-order valence-corrected chi connectivity index (χ0v) is 11.4. The summed E-state index contributed by atoms with van der Waals surface area (Å²) in [5.74, 6) is 0.905. The minimum Gasteiger partial charge on any atom is -0.497 e. The molecular weight excluding hydrogens is 226 g/mol. The Bertz CT molecular complexity index is 366. The first-order valence-electron chi connectivity index (χ1n) is 6.47. The summed E-state index contributed by atoms with van der Waals surface area (Å²) in [7, 11) is 5.89. The number of methoxy groups -OCH3 is 1. The van der Waals surface area contributed by atoms with Crippen molar-refractivity contribution in [2.75, 3.05) is 40.8 Å². The van der Waals surface area contributed by atoms with Gasteiger partial charge >= 0.3 is 0 Å². The summed E-state index contributed by atoms with van der Waals surface area (Å²) >= 11 is 0. The predicted octanol–water partition coefficient (Wildman–Crippen LogP) is 0.859. The van der Waals surface area contributed by atoms with E-state index in [1.807, 2.05) is 19.2 Å². The Kier molecular flexibility index (Phi) is 4.58. The Hall–Kier alpha value is -1.10. The third kappa shape index (κ3) is 3.02. The van der Waals surface area contributed by atoms with Gasteiger partial charge in [-0.15, -0.1) is 0 Å². The molecule has 0 aliphatic carbocycles. The maximum absolute atomic E-state index is 5.20. The SMILES string of the molecule is CNC(c1ccc(OC)cc1)C1CN(C)CCN1. The average Bonchev–Trinajstić information content (AvgIpc) is 2.40. The number of ether oxygens (including phenoxy) is 1. The summed E-state index contributed by atoms with van der Waals surface area (Å²) in [6.07, 6.45) is 0. The first kappa shape index (κ1) is 13.3. The van der Waals surface area contributed by atoms with E-state index in [2.05, 4.69) is 34.7 Å². The standard InChI is InChI=1S/C14H23N3O/c1-15-14(13-10-17(2)9-8-16-13)11-4-6-12(18-3)7-5-11/h4-7,13-16H,8-10H2,1-3H3. The lowest BCUT2D eigenvalue weighted by Gasteiger charge is -2.36. The largest absolute Gasteiger partial charge is 0.497 e. The highest BCUT2D eigenvalue weighted by Gasteiger charge is 2.25. The Morgan fingerprint density at radius 2 is 2.11 bits per heavy atom. The fraction of sp³-hybridized carbons (Fsp3) is 0.571. The number of nitrogens with zero attached hydrogens (tertiary/aromatic N) is 1. The van der Waals surface area contributed by atoms with Gasteiger partial charge < -0.3 is 20.3 Å². The van der Waals surface area contributed by atoms with Gasteiger partial charge in [-0.2, -0.15) is 0 Å². The molecule has 0 spiro atoms. The summed E-state index contributed by atoms with van der Waals surface area (Å²) in [6, 6.07) is 9.09. The molecule has 1 aromatic rings. The van der Waals surface area contributed by atoms with E-state index in [0.29, 0.717) is 12.1 Å². The second-order valence-corrected chi connectivity index (χ2v) is 4.86.